The first-order valence-electron chi connectivity index (χ1n) is 7.04. The molecule has 1 aromatic rings. The smallest absolute Gasteiger partial charge is 0.228 e. The summed E-state index contributed by atoms with van der Waals surface area (Å²) in [4.78, 5) is 12.8. The van der Waals surface area contributed by atoms with Crippen LogP contribution in [0.4, 0.5) is 5.00 Å². The van der Waals surface area contributed by atoms with Crippen LogP contribution in [0.25, 0.3) is 0 Å². The molecule has 0 aromatic carbocycles. The van der Waals surface area contributed by atoms with E-state index < -0.39 is 9.96 Å². The van der Waals surface area contributed by atoms with Crippen LogP contribution in [0, 0.1) is 11.3 Å². The van der Waals surface area contributed by atoms with E-state index in [-0.39, 0.29) is 12.3 Å². The molecule has 4 nitrogen and oxygen atoms in total. The maximum Gasteiger partial charge on any atom is 0.228 e. The minimum atomic E-state index is -1.72. The average molecular weight is 381 g/mol. The van der Waals surface area contributed by atoms with E-state index in [0.717, 1.165) is 31.2 Å². The van der Waals surface area contributed by atoms with Crippen molar-refractivity contribution in [1.29, 1.82) is 5.26 Å². The Labute approximate surface area is 148 Å². The highest BCUT2D eigenvalue weighted by Crippen LogP contribution is 2.40. The number of aryl methyl sites for hydroxylation is 1. The van der Waals surface area contributed by atoms with Crippen LogP contribution in [-0.2, 0) is 17.6 Å². The lowest BCUT2D eigenvalue weighted by Crippen LogP contribution is -2.48. The van der Waals surface area contributed by atoms with Crippen LogP contribution in [0.15, 0.2) is 0 Å². The third kappa shape index (κ3) is 3.99. The van der Waals surface area contributed by atoms with E-state index in [1.165, 1.54) is 16.2 Å². The fourth-order valence-corrected chi connectivity index (χ4v) is 3.97. The van der Waals surface area contributed by atoms with Gasteiger partial charge >= 0.3 is 0 Å². The van der Waals surface area contributed by atoms with Gasteiger partial charge in [0.1, 0.15) is 17.2 Å². The van der Waals surface area contributed by atoms with Gasteiger partial charge in [-0.05, 0) is 31.2 Å². The van der Waals surface area contributed by atoms with E-state index >= 15 is 0 Å². The summed E-state index contributed by atoms with van der Waals surface area (Å²) in [5.74, 6) is -0.233. The standard InChI is InChI=1S/C14H16Cl3N3OS/c1-2-11(21)19-13(14(15,16)17)20-12-9(7-18)8-5-3-4-6-10(8)22-12/h13,20H,2-6H2,1H3,(H,19,21)/t13-/m1/s1. The van der Waals surface area contributed by atoms with Crippen molar-refractivity contribution in [1.82, 2.24) is 5.32 Å². The molecule has 0 saturated carbocycles. The SMILES string of the molecule is CCC(=O)N[C@H](Nc1sc2c(c1C#N)CCCC2)C(Cl)(Cl)Cl. The Hall–Kier alpha value is -0.670. The Kier molecular flexibility index (Phi) is 5.84. The molecule has 1 aliphatic rings. The molecule has 1 aromatic heterocycles. The number of nitrogens with zero attached hydrogens (tertiary/aromatic N) is 1. The molecule has 8 heteroatoms. The van der Waals surface area contributed by atoms with Gasteiger partial charge in [0.15, 0.2) is 0 Å². The number of thiophene rings is 1. The molecular weight excluding hydrogens is 365 g/mol. The van der Waals surface area contributed by atoms with Crippen molar-refractivity contribution in [2.45, 2.75) is 49.0 Å². The van der Waals surface area contributed by atoms with Crippen LogP contribution >= 0.6 is 46.1 Å². The minimum absolute atomic E-state index is 0.233. The van der Waals surface area contributed by atoms with Gasteiger partial charge in [0.2, 0.25) is 9.70 Å². The monoisotopic (exact) mass is 379 g/mol. The average Bonchev–Trinajstić information content (AvgIpc) is 2.82. The second-order valence-electron chi connectivity index (χ2n) is 5.07. The van der Waals surface area contributed by atoms with E-state index in [0.29, 0.717) is 10.6 Å². The summed E-state index contributed by atoms with van der Waals surface area (Å²) in [5, 5.41) is 15.8. The summed E-state index contributed by atoms with van der Waals surface area (Å²) in [5.41, 5.74) is 1.69. The molecule has 0 spiro atoms. The normalized spacial score (nSPS) is 15.6. The fraction of sp³-hybridized carbons (Fsp3) is 0.571. The zero-order valence-corrected chi connectivity index (χ0v) is 15.1. The first-order valence-corrected chi connectivity index (χ1v) is 8.99. The predicted molar refractivity (Wildman–Crippen MR) is 91.8 cm³/mol. The molecule has 0 radical (unpaired) electrons. The maximum absolute atomic E-state index is 11.6. The third-order valence-electron chi connectivity index (χ3n) is 3.51. The molecule has 1 atom stereocenters. The number of nitriles is 1. The van der Waals surface area contributed by atoms with Crippen molar-refractivity contribution < 1.29 is 4.79 Å². The Morgan fingerprint density at radius 2 is 2.09 bits per heavy atom. The summed E-state index contributed by atoms with van der Waals surface area (Å²) < 4.78 is -1.72. The molecule has 0 unspecified atom stereocenters. The lowest BCUT2D eigenvalue weighted by atomic mass is 9.96. The molecule has 1 aliphatic carbocycles. The second-order valence-corrected chi connectivity index (χ2v) is 8.54. The number of alkyl halides is 3. The highest BCUT2D eigenvalue weighted by Gasteiger charge is 2.35. The summed E-state index contributed by atoms with van der Waals surface area (Å²) in [6, 6.07) is 2.23. The zero-order chi connectivity index (χ0) is 16.3. The van der Waals surface area contributed by atoms with Crippen LogP contribution < -0.4 is 10.6 Å². The van der Waals surface area contributed by atoms with Crippen molar-refractivity contribution in [3.05, 3.63) is 16.0 Å². The Morgan fingerprint density at radius 3 is 2.68 bits per heavy atom. The molecule has 2 rings (SSSR count). The van der Waals surface area contributed by atoms with Crippen molar-refractivity contribution in [2.75, 3.05) is 5.32 Å². The molecule has 0 saturated heterocycles. The topological polar surface area (TPSA) is 64.9 Å². The van der Waals surface area contributed by atoms with E-state index in [9.17, 15) is 10.1 Å². The van der Waals surface area contributed by atoms with Gasteiger partial charge in [0.25, 0.3) is 0 Å². The fourth-order valence-electron chi connectivity index (χ4n) is 2.38. The molecule has 120 valence electrons. The maximum atomic E-state index is 11.6. The number of anilines is 1. The van der Waals surface area contributed by atoms with E-state index in [2.05, 4.69) is 16.7 Å². The van der Waals surface area contributed by atoms with Crippen molar-refractivity contribution >= 4 is 57.0 Å². The van der Waals surface area contributed by atoms with E-state index in [1.54, 1.807) is 6.92 Å². The van der Waals surface area contributed by atoms with Gasteiger partial charge in [0, 0.05) is 11.3 Å². The number of amides is 1. The van der Waals surface area contributed by atoms with Gasteiger partial charge in [-0.25, -0.2) is 0 Å². The van der Waals surface area contributed by atoms with Crippen LogP contribution in [0.2, 0.25) is 0 Å². The van der Waals surface area contributed by atoms with Gasteiger partial charge in [-0.2, -0.15) is 5.26 Å². The quantitative estimate of drug-likeness (QED) is 0.609. The molecule has 1 heterocycles. The third-order valence-corrected chi connectivity index (χ3v) is 5.39. The van der Waals surface area contributed by atoms with E-state index in [4.69, 9.17) is 34.8 Å². The Bertz CT molecular complexity index is 604. The Balaban J connectivity index is 2.28. The van der Waals surface area contributed by atoms with Gasteiger partial charge in [0.05, 0.1) is 5.56 Å². The number of hydrogen-bond acceptors (Lipinski definition) is 4. The van der Waals surface area contributed by atoms with E-state index in [1.807, 2.05) is 0 Å². The minimum Gasteiger partial charge on any atom is -0.352 e. The van der Waals surface area contributed by atoms with Gasteiger partial charge in [-0.3, -0.25) is 4.79 Å². The van der Waals surface area contributed by atoms with Crippen molar-refractivity contribution in [3.63, 3.8) is 0 Å². The Morgan fingerprint density at radius 1 is 1.41 bits per heavy atom. The number of carbonyl (C=O) groups excluding carboxylic acids is 1. The largest absolute Gasteiger partial charge is 0.352 e. The van der Waals surface area contributed by atoms with Crippen LogP contribution in [0.3, 0.4) is 0 Å². The molecule has 2 N–H and O–H groups in total. The predicted octanol–water partition coefficient (Wildman–Crippen LogP) is 4.13. The van der Waals surface area contributed by atoms with Gasteiger partial charge in [-0.15, -0.1) is 11.3 Å². The summed E-state index contributed by atoms with van der Waals surface area (Å²) in [6.45, 7) is 1.72. The second kappa shape index (κ2) is 7.27. The molecule has 22 heavy (non-hydrogen) atoms. The van der Waals surface area contributed by atoms with Gasteiger partial charge < -0.3 is 10.6 Å². The first-order chi connectivity index (χ1) is 10.4. The number of fused-ring (bicyclic) bond motifs is 1. The number of hydrogen-bond donors (Lipinski definition) is 2. The summed E-state index contributed by atoms with van der Waals surface area (Å²) >= 11 is 19.3. The highest BCUT2D eigenvalue weighted by molar-refractivity contribution is 7.16. The molecule has 0 bridgehead atoms. The van der Waals surface area contributed by atoms with Gasteiger partial charge in [-0.1, -0.05) is 41.7 Å². The summed E-state index contributed by atoms with van der Waals surface area (Å²) in [7, 11) is 0. The molecule has 0 fully saturated rings. The summed E-state index contributed by atoms with van der Waals surface area (Å²) in [6.07, 6.45) is 3.46. The van der Waals surface area contributed by atoms with Crippen LogP contribution in [-0.4, -0.2) is 15.9 Å². The zero-order valence-electron chi connectivity index (χ0n) is 12.0. The van der Waals surface area contributed by atoms with Crippen molar-refractivity contribution in [2.24, 2.45) is 0 Å². The number of carbonyl (C=O) groups is 1. The highest BCUT2D eigenvalue weighted by atomic mass is 35.6. The lowest BCUT2D eigenvalue weighted by Gasteiger charge is -2.26. The first kappa shape index (κ1) is 17.7. The number of halogens is 3. The van der Waals surface area contributed by atoms with Crippen LogP contribution in [0.5, 0.6) is 0 Å². The number of nitrogens with one attached hydrogen (secondary N) is 2. The molecule has 1 amide bonds. The van der Waals surface area contributed by atoms with Crippen molar-refractivity contribution in [3.8, 4) is 6.07 Å². The molecule has 0 aliphatic heterocycles. The molecular formula is C14H16Cl3N3OS. The lowest BCUT2D eigenvalue weighted by molar-refractivity contribution is -0.121. The number of rotatable bonds is 4. The van der Waals surface area contributed by atoms with Crippen LogP contribution in [0.1, 0.15) is 42.2 Å².